The lowest BCUT2D eigenvalue weighted by Crippen LogP contribution is -2.27. The quantitative estimate of drug-likeness (QED) is 0.269. The molecule has 0 bridgehead atoms. The monoisotopic (exact) mass is 542 g/mol. The van der Waals surface area contributed by atoms with Crippen molar-refractivity contribution in [2.75, 3.05) is 20.8 Å². The Labute approximate surface area is 233 Å². The van der Waals surface area contributed by atoms with Crippen LogP contribution in [0.15, 0.2) is 69.4 Å². The lowest BCUT2D eigenvalue weighted by molar-refractivity contribution is -0.116. The van der Waals surface area contributed by atoms with Crippen LogP contribution < -0.4 is 9.47 Å². The zero-order chi connectivity index (χ0) is 28.1. The predicted octanol–water partition coefficient (Wildman–Crippen LogP) is 5.79. The second-order valence-corrected chi connectivity index (χ2v) is 10.2. The van der Waals surface area contributed by atoms with Gasteiger partial charge in [0, 0.05) is 44.4 Å². The number of aryl methyl sites for hydroxylation is 2. The molecule has 1 saturated carbocycles. The minimum atomic E-state index is -0.124. The zero-order valence-corrected chi connectivity index (χ0v) is 22.9. The van der Waals surface area contributed by atoms with Gasteiger partial charge in [-0.15, -0.1) is 0 Å². The Morgan fingerprint density at radius 1 is 1.00 bits per heavy atom. The fourth-order valence-corrected chi connectivity index (χ4v) is 5.60. The Morgan fingerprint density at radius 3 is 2.58 bits per heavy atom. The SMILES string of the molecule is COc1ccc(CCN=C2CC(c3ccccc3)CC(=O)C2=C(O)CCc2noc3c2C(=O)CCC3)cc1OC. The molecular weight excluding hydrogens is 508 g/mol. The number of fused-ring (bicyclic) bond motifs is 1. The fraction of sp³-hybridized carbons (Fsp3) is 0.375. The molecule has 0 radical (unpaired) electrons. The van der Waals surface area contributed by atoms with Gasteiger partial charge < -0.3 is 19.1 Å². The third kappa shape index (κ3) is 5.86. The first-order chi connectivity index (χ1) is 19.5. The summed E-state index contributed by atoms with van der Waals surface area (Å²) in [6, 6.07) is 15.7. The summed E-state index contributed by atoms with van der Waals surface area (Å²) in [4.78, 5) is 30.7. The number of ether oxygens (including phenoxy) is 2. The highest BCUT2D eigenvalue weighted by Crippen LogP contribution is 2.34. The van der Waals surface area contributed by atoms with Crippen LogP contribution in [0.4, 0.5) is 0 Å². The number of Topliss-reactive ketones (excluding diaryl/α,β-unsaturated/α-hetero) is 2. The van der Waals surface area contributed by atoms with Crippen LogP contribution in [0, 0.1) is 0 Å². The standard InChI is InChI=1S/C32H34N2O6/c1-38-28-14-11-20(17-30(28)39-2)15-16-33-24-18-22(21-7-4-3-5-8-21)19-27(37)31(24)26(36)13-12-23-32-25(35)9-6-10-29(32)40-34-23/h3-5,7-8,11,14,17,22,36H,6,9-10,12-13,15-16,18-19H2,1-2H3. The van der Waals surface area contributed by atoms with E-state index < -0.39 is 0 Å². The fourth-order valence-electron chi connectivity index (χ4n) is 5.60. The molecule has 5 rings (SSSR count). The van der Waals surface area contributed by atoms with Crippen LogP contribution in [0.25, 0.3) is 0 Å². The third-order valence-electron chi connectivity index (χ3n) is 7.67. The summed E-state index contributed by atoms with van der Waals surface area (Å²) in [7, 11) is 3.20. The number of ketones is 2. The van der Waals surface area contributed by atoms with Crippen molar-refractivity contribution in [3.63, 3.8) is 0 Å². The predicted molar refractivity (Wildman–Crippen MR) is 151 cm³/mol. The zero-order valence-electron chi connectivity index (χ0n) is 22.9. The van der Waals surface area contributed by atoms with E-state index in [1.54, 1.807) is 14.2 Å². The summed E-state index contributed by atoms with van der Waals surface area (Å²) in [5.41, 5.74) is 4.11. The van der Waals surface area contributed by atoms with Crippen molar-refractivity contribution in [3.8, 4) is 11.5 Å². The first-order valence-electron chi connectivity index (χ1n) is 13.7. The van der Waals surface area contributed by atoms with Crippen molar-refractivity contribution in [1.82, 2.24) is 5.16 Å². The lowest BCUT2D eigenvalue weighted by atomic mass is 9.78. The summed E-state index contributed by atoms with van der Waals surface area (Å²) >= 11 is 0. The van der Waals surface area contributed by atoms with Crippen molar-refractivity contribution in [3.05, 3.63) is 88.0 Å². The molecule has 3 aromatic rings. The number of aromatic nitrogens is 1. The lowest BCUT2D eigenvalue weighted by Gasteiger charge is -2.26. The van der Waals surface area contributed by atoms with Crippen LogP contribution in [0.1, 0.15) is 71.0 Å². The smallest absolute Gasteiger partial charge is 0.168 e. The van der Waals surface area contributed by atoms with E-state index in [-0.39, 0.29) is 29.7 Å². The maximum atomic E-state index is 13.4. The van der Waals surface area contributed by atoms with Gasteiger partial charge in [-0.1, -0.05) is 41.6 Å². The van der Waals surface area contributed by atoms with Crippen LogP contribution in [0.2, 0.25) is 0 Å². The van der Waals surface area contributed by atoms with E-state index in [0.717, 1.165) is 17.5 Å². The van der Waals surface area contributed by atoms with Gasteiger partial charge >= 0.3 is 0 Å². The summed E-state index contributed by atoms with van der Waals surface area (Å²) in [6.45, 7) is 0.446. The molecule has 2 aliphatic carbocycles. The van der Waals surface area contributed by atoms with Gasteiger partial charge in [0.2, 0.25) is 0 Å². The van der Waals surface area contributed by atoms with Crippen LogP contribution in [-0.2, 0) is 24.1 Å². The van der Waals surface area contributed by atoms with Crippen molar-refractivity contribution in [2.24, 2.45) is 4.99 Å². The van der Waals surface area contributed by atoms with Crippen LogP contribution >= 0.6 is 0 Å². The molecule has 208 valence electrons. The first-order valence-corrected chi connectivity index (χ1v) is 13.7. The molecule has 2 aliphatic rings. The Kier molecular flexibility index (Phi) is 8.43. The molecule has 8 heteroatoms. The summed E-state index contributed by atoms with van der Waals surface area (Å²) in [6.07, 6.45) is 3.91. The Balaban J connectivity index is 1.38. The molecule has 1 aromatic heterocycles. The van der Waals surface area contributed by atoms with Gasteiger partial charge in [-0.25, -0.2) is 0 Å². The van der Waals surface area contributed by atoms with E-state index in [9.17, 15) is 14.7 Å². The normalized spacial score (nSPS) is 19.4. The number of hydrogen-bond acceptors (Lipinski definition) is 8. The highest BCUT2D eigenvalue weighted by molar-refractivity contribution is 6.24. The van der Waals surface area contributed by atoms with E-state index in [2.05, 4.69) is 5.16 Å². The molecule has 0 amide bonds. The largest absolute Gasteiger partial charge is 0.511 e. The van der Waals surface area contributed by atoms with E-state index in [1.165, 1.54) is 0 Å². The van der Waals surface area contributed by atoms with E-state index in [0.29, 0.717) is 84.9 Å². The minimum Gasteiger partial charge on any atom is -0.511 e. The number of aliphatic hydroxyl groups excluding tert-OH is 1. The van der Waals surface area contributed by atoms with Crippen molar-refractivity contribution in [2.45, 2.75) is 57.3 Å². The van der Waals surface area contributed by atoms with Gasteiger partial charge in [0.25, 0.3) is 0 Å². The number of methoxy groups -OCH3 is 2. The van der Waals surface area contributed by atoms with Gasteiger partial charge in [0.15, 0.2) is 23.1 Å². The maximum Gasteiger partial charge on any atom is 0.168 e. The number of allylic oxidation sites excluding steroid dienone is 2. The maximum absolute atomic E-state index is 13.4. The Bertz CT molecular complexity index is 1450. The highest BCUT2D eigenvalue weighted by atomic mass is 16.5. The van der Waals surface area contributed by atoms with Gasteiger partial charge in [-0.2, -0.15) is 0 Å². The summed E-state index contributed by atoms with van der Waals surface area (Å²) < 4.78 is 16.1. The van der Waals surface area contributed by atoms with Gasteiger partial charge in [-0.05, 0) is 48.4 Å². The molecule has 1 atom stereocenters. The van der Waals surface area contributed by atoms with E-state index in [1.807, 2.05) is 48.5 Å². The van der Waals surface area contributed by atoms with Crippen molar-refractivity contribution >= 4 is 17.3 Å². The number of carbonyl (C=O) groups excluding carboxylic acids is 2. The third-order valence-corrected chi connectivity index (χ3v) is 7.67. The number of carbonyl (C=O) groups is 2. The summed E-state index contributed by atoms with van der Waals surface area (Å²) in [5, 5.41) is 15.3. The molecule has 40 heavy (non-hydrogen) atoms. The topological polar surface area (TPSA) is 111 Å². The summed E-state index contributed by atoms with van der Waals surface area (Å²) in [5.74, 6) is 1.81. The molecule has 2 aromatic carbocycles. The number of benzene rings is 2. The van der Waals surface area contributed by atoms with Crippen molar-refractivity contribution < 1.29 is 28.7 Å². The van der Waals surface area contributed by atoms with Crippen LogP contribution in [0.3, 0.4) is 0 Å². The Morgan fingerprint density at radius 2 is 1.80 bits per heavy atom. The molecule has 0 saturated heterocycles. The molecular formula is C32H34N2O6. The molecule has 0 spiro atoms. The number of nitrogens with zero attached hydrogens (tertiary/aromatic N) is 2. The highest BCUT2D eigenvalue weighted by Gasteiger charge is 2.33. The molecule has 1 N–H and O–H groups in total. The second-order valence-electron chi connectivity index (χ2n) is 10.2. The number of aliphatic hydroxyl groups is 1. The number of rotatable bonds is 9. The number of hydrogen-bond donors (Lipinski definition) is 1. The average molecular weight is 543 g/mol. The van der Waals surface area contributed by atoms with E-state index in [4.69, 9.17) is 19.0 Å². The van der Waals surface area contributed by atoms with E-state index >= 15 is 0 Å². The molecule has 8 nitrogen and oxygen atoms in total. The van der Waals surface area contributed by atoms with Gasteiger partial charge in [0.1, 0.15) is 11.5 Å². The molecule has 0 aliphatic heterocycles. The minimum absolute atomic E-state index is 0.00902. The van der Waals surface area contributed by atoms with Crippen LogP contribution in [-0.4, -0.2) is 48.3 Å². The molecule has 1 unspecified atom stereocenters. The first kappa shape index (κ1) is 27.4. The second kappa shape index (κ2) is 12.3. The molecule has 1 fully saturated rings. The van der Waals surface area contributed by atoms with Crippen molar-refractivity contribution in [1.29, 1.82) is 0 Å². The van der Waals surface area contributed by atoms with Crippen LogP contribution in [0.5, 0.6) is 11.5 Å². The molecule has 1 heterocycles. The van der Waals surface area contributed by atoms with Gasteiger partial charge in [0.05, 0.1) is 31.1 Å². The van der Waals surface area contributed by atoms with Gasteiger partial charge in [-0.3, -0.25) is 14.6 Å². The number of aliphatic imine (C=N–C) groups is 1. The Hall–Kier alpha value is -4.20. The average Bonchev–Trinajstić information content (AvgIpc) is 3.40.